The second-order valence-corrected chi connectivity index (χ2v) is 6.27. The number of amides is 1. The molecule has 0 heterocycles. The molecule has 0 aliphatic rings. The van der Waals surface area contributed by atoms with Crippen LogP contribution >= 0.6 is 43.5 Å². The Morgan fingerprint density at radius 2 is 1.86 bits per heavy atom. The molecule has 0 atom stereocenters. The molecule has 0 radical (unpaired) electrons. The van der Waals surface area contributed by atoms with E-state index in [1.54, 1.807) is 24.3 Å². The van der Waals surface area contributed by atoms with Gasteiger partial charge in [-0.3, -0.25) is 4.79 Å². The third-order valence-electron chi connectivity index (χ3n) is 2.46. The fourth-order valence-corrected chi connectivity index (χ4v) is 2.57. The van der Waals surface area contributed by atoms with E-state index < -0.39 is 11.7 Å². The molecule has 21 heavy (non-hydrogen) atoms. The van der Waals surface area contributed by atoms with Gasteiger partial charge in [0.05, 0.1) is 10.7 Å². The Morgan fingerprint density at radius 1 is 1.19 bits per heavy atom. The maximum atomic E-state index is 13.6. The minimum Gasteiger partial charge on any atom is -0.482 e. The SMILES string of the molecule is O=C(COc1ccc(Br)cc1Cl)Nc1ccc(Br)cc1F. The average molecular weight is 437 g/mol. The predicted octanol–water partition coefficient (Wildman–Crippen LogP) is 5.02. The summed E-state index contributed by atoms with van der Waals surface area (Å²) in [5.74, 6) is -0.624. The van der Waals surface area contributed by atoms with Gasteiger partial charge in [-0.15, -0.1) is 0 Å². The molecule has 0 saturated carbocycles. The maximum absolute atomic E-state index is 13.6. The average Bonchev–Trinajstić information content (AvgIpc) is 2.41. The molecule has 0 aliphatic heterocycles. The van der Waals surface area contributed by atoms with Crippen LogP contribution in [0.15, 0.2) is 45.3 Å². The summed E-state index contributed by atoms with van der Waals surface area (Å²) >= 11 is 12.4. The van der Waals surface area contributed by atoms with E-state index in [2.05, 4.69) is 37.2 Å². The number of hydrogen-bond acceptors (Lipinski definition) is 2. The third kappa shape index (κ3) is 4.69. The lowest BCUT2D eigenvalue weighted by Gasteiger charge is -2.09. The molecule has 0 aromatic heterocycles. The molecule has 2 aromatic carbocycles. The lowest BCUT2D eigenvalue weighted by molar-refractivity contribution is -0.118. The van der Waals surface area contributed by atoms with Crippen molar-refractivity contribution in [3.05, 3.63) is 56.2 Å². The van der Waals surface area contributed by atoms with Crippen LogP contribution in [-0.4, -0.2) is 12.5 Å². The van der Waals surface area contributed by atoms with Gasteiger partial charge in [0.2, 0.25) is 0 Å². The van der Waals surface area contributed by atoms with Crippen LogP contribution in [0.4, 0.5) is 10.1 Å². The molecular formula is C14H9Br2ClFNO2. The zero-order chi connectivity index (χ0) is 15.4. The lowest BCUT2D eigenvalue weighted by atomic mass is 10.3. The Balaban J connectivity index is 1.96. The zero-order valence-corrected chi connectivity index (χ0v) is 14.4. The van der Waals surface area contributed by atoms with E-state index in [9.17, 15) is 9.18 Å². The van der Waals surface area contributed by atoms with Crippen molar-refractivity contribution in [2.45, 2.75) is 0 Å². The van der Waals surface area contributed by atoms with Gasteiger partial charge in [0.25, 0.3) is 5.91 Å². The number of rotatable bonds is 4. The number of ether oxygens (including phenoxy) is 1. The first-order valence-electron chi connectivity index (χ1n) is 5.78. The van der Waals surface area contributed by atoms with Gasteiger partial charge < -0.3 is 10.1 Å². The first-order chi connectivity index (χ1) is 9.95. The van der Waals surface area contributed by atoms with E-state index in [4.69, 9.17) is 16.3 Å². The normalized spacial score (nSPS) is 10.3. The van der Waals surface area contributed by atoms with Crippen LogP contribution in [0.25, 0.3) is 0 Å². The predicted molar refractivity (Wildman–Crippen MR) is 87.4 cm³/mol. The summed E-state index contributed by atoms with van der Waals surface area (Å²) in [7, 11) is 0. The van der Waals surface area contributed by atoms with Gasteiger partial charge in [-0.1, -0.05) is 43.5 Å². The van der Waals surface area contributed by atoms with E-state index in [1.807, 2.05) is 0 Å². The molecule has 1 amide bonds. The Labute approximate surface area is 142 Å². The summed E-state index contributed by atoms with van der Waals surface area (Å²) in [4.78, 5) is 11.7. The molecule has 2 rings (SSSR count). The van der Waals surface area contributed by atoms with E-state index in [-0.39, 0.29) is 12.3 Å². The van der Waals surface area contributed by atoms with E-state index in [0.29, 0.717) is 15.2 Å². The number of carbonyl (C=O) groups excluding carboxylic acids is 1. The van der Waals surface area contributed by atoms with Crippen LogP contribution in [0.1, 0.15) is 0 Å². The number of nitrogens with one attached hydrogen (secondary N) is 1. The van der Waals surface area contributed by atoms with E-state index in [1.165, 1.54) is 12.1 Å². The summed E-state index contributed by atoms with van der Waals surface area (Å²) in [6.45, 7) is -0.267. The summed E-state index contributed by atoms with van der Waals surface area (Å²) in [6.07, 6.45) is 0. The van der Waals surface area contributed by atoms with Crippen molar-refractivity contribution < 1.29 is 13.9 Å². The highest BCUT2D eigenvalue weighted by atomic mass is 79.9. The number of hydrogen-bond donors (Lipinski definition) is 1. The molecule has 0 saturated heterocycles. The minimum absolute atomic E-state index is 0.0914. The third-order valence-corrected chi connectivity index (χ3v) is 3.74. The summed E-state index contributed by atoms with van der Waals surface area (Å²) < 4.78 is 20.3. The van der Waals surface area contributed by atoms with Crippen LogP contribution in [-0.2, 0) is 4.79 Å². The topological polar surface area (TPSA) is 38.3 Å². The van der Waals surface area contributed by atoms with Gasteiger partial charge in [0.15, 0.2) is 6.61 Å². The standard InChI is InChI=1S/C14H9Br2ClFNO2/c15-8-2-4-13(10(17)5-8)21-7-14(20)19-12-3-1-9(16)6-11(12)18/h1-6H,7H2,(H,19,20). The fourth-order valence-electron chi connectivity index (χ4n) is 1.51. The van der Waals surface area contributed by atoms with Crippen LogP contribution in [0.5, 0.6) is 5.75 Å². The minimum atomic E-state index is -0.528. The highest BCUT2D eigenvalue weighted by Gasteiger charge is 2.09. The Morgan fingerprint density at radius 3 is 2.52 bits per heavy atom. The van der Waals surface area contributed by atoms with Gasteiger partial charge in [-0.25, -0.2) is 4.39 Å². The summed E-state index contributed by atoms with van der Waals surface area (Å²) in [6, 6.07) is 9.40. The number of benzene rings is 2. The maximum Gasteiger partial charge on any atom is 0.262 e. The zero-order valence-electron chi connectivity index (χ0n) is 10.5. The molecule has 0 aliphatic carbocycles. The number of carbonyl (C=O) groups is 1. The molecule has 0 unspecified atom stereocenters. The molecule has 3 nitrogen and oxygen atoms in total. The van der Waals surface area contributed by atoms with Crippen molar-refractivity contribution >= 4 is 55.1 Å². The first kappa shape index (κ1) is 16.3. The molecule has 0 bridgehead atoms. The highest BCUT2D eigenvalue weighted by molar-refractivity contribution is 9.10. The van der Waals surface area contributed by atoms with Crippen LogP contribution in [0, 0.1) is 5.82 Å². The molecule has 2 aromatic rings. The molecule has 0 fully saturated rings. The van der Waals surface area contributed by atoms with Crippen molar-refractivity contribution in [1.82, 2.24) is 0 Å². The Bertz CT molecular complexity index is 682. The first-order valence-corrected chi connectivity index (χ1v) is 7.75. The summed E-state index contributed by atoms with van der Waals surface area (Å²) in [5.41, 5.74) is 0.0914. The molecule has 0 spiro atoms. The molecule has 7 heteroatoms. The van der Waals surface area contributed by atoms with Crippen molar-refractivity contribution in [1.29, 1.82) is 0 Å². The van der Waals surface area contributed by atoms with E-state index in [0.717, 1.165) is 4.47 Å². The quantitative estimate of drug-likeness (QED) is 0.729. The second-order valence-electron chi connectivity index (χ2n) is 4.04. The Hall–Kier alpha value is -1.11. The smallest absolute Gasteiger partial charge is 0.262 e. The van der Waals surface area contributed by atoms with Crippen LogP contribution < -0.4 is 10.1 Å². The van der Waals surface area contributed by atoms with Crippen molar-refractivity contribution in [2.75, 3.05) is 11.9 Å². The number of anilines is 1. The number of halogens is 4. The summed E-state index contributed by atoms with van der Waals surface area (Å²) in [5, 5.41) is 2.81. The van der Waals surface area contributed by atoms with Gasteiger partial charge >= 0.3 is 0 Å². The van der Waals surface area contributed by atoms with Crippen LogP contribution in [0.3, 0.4) is 0 Å². The van der Waals surface area contributed by atoms with Gasteiger partial charge in [0.1, 0.15) is 11.6 Å². The highest BCUT2D eigenvalue weighted by Crippen LogP contribution is 2.27. The Kier molecular flexibility index (Phi) is 5.61. The van der Waals surface area contributed by atoms with E-state index >= 15 is 0 Å². The largest absolute Gasteiger partial charge is 0.482 e. The van der Waals surface area contributed by atoms with Crippen molar-refractivity contribution in [3.8, 4) is 5.75 Å². The van der Waals surface area contributed by atoms with Crippen molar-refractivity contribution in [3.63, 3.8) is 0 Å². The molecular weight excluding hydrogens is 428 g/mol. The monoisotopic (exact) mass is 435 g/mol. The van der Waals surface area contributed by atoms with Crippen molar-refractivity contribution in [2.24, 2.45) is 0 Å². The van der Waals surface area contributed by atoms with Crippen LogP contribution in [0.2, 0.25) is 5.02 Å². The van der Waals surface area contributed by atoms with Gasteiger partial charge in [-0.2, -0.15) is 0 Å². The lowest BCUT2D eigenvalue weighted by Crippen LogP contribution is -2.20. The van der Waals surface area contributed by atoms with Gasteiger partial charge in [0, 0.05) is 8.95 Å². The van der Waals surface area contributed by atoms with Gasteiger partial charge in [-0.05, 0) is 36.4 Å². The molecule has 110 valence electrons. The fraction of sp³-hybridized carbons (Fsp3) is 0.0714. The molecule has 1 N–H and O–H groups in total. The second kappa shape index (κ2) is 7.24.